The summed E-state index contributed by atoms with van der Waals surface area (Å²) in [5, 5.41) is 6.34. The van der Waals surface area contributed by atoms with Crippen molar-refractivity contribution < 1.29 is 0 Å². The third-order valence-corrected chi connectivity index (χ3v) is 12.4. The van der Waals surface area contributed by atoms with Crippen molar-refractivity contribution >= 4 is 76.6 Å². The zero-order valence-electron chi connectivity index (χ0n) is 31.5. The summed E-state index contributed by atoms with van der Waals surface area (Å²) < 4.78 is 3.72. The average Bonchev–Trinajstić information content (AvgIpc) is 3.80. The van der Waals surface area contributed by atoms with Crippen molar-refractivity contribution in [3.05, 3.63) is 210 Å². The molecule has 0 unspecified atom stereocenters. The van der Waals surface area contributed by atoms with Gasteiger partial charge in [-0.05, 0) is 130 Å². The molecule has 0 saturated heterocycles. The number of aromatic nitrogens is 1. The quantitative estimate of drug-likeness (QED) is 0.151. The van der Waals surface area contributed by atoms with Crippen molar-refractivity contribution in [2.75, 3.05) is 4.90 Å². The number of hydrogen-bond donors (Lipinski definition) is 0. The van der Waals surface area contributed by atoms with Crippen molar-refractivity contribution in [1.82, 2.24) is 4.57 Å². The summed E-state index contributed by atoms with van der Waals surface area (Å²) in [4.78, 5) is 3.75. The zero-order chi connectivity index (χ0) is 37.6. The Balaban J connectivity index is 1.04. The second kappa shape index (κ2) is 14.2. The molecule has 0 saturated carbocycles. The lowest BCUT2D eigenvalue weighted by Gasteiger charge is -2.26. The van der Waals surface area contributed by atoms with Gasteiger partial charge in [0.15, 0.2) is 0 Å². The van der Waals surface area contributed by atoms with Crippen LogP contribution in [0.25, 0.3) is 65.1 Å². The fourth-order valence-electron chi connectivity index (χ4n) is 8.46. The summed E-state index contributed by atoms with van der Waals surface area (Å²) in [6.07, 6.45) is 3.28. The van der Waals surface area contributed by atoms with Crippen LogP contribution in [0.5, 0.6) is 0 Å². The minimum Gasteiger partial charge on any atom is -0.310 e. The number of para-hydroxylation sites is 2. The maximum atomic E-state index is 2.38. The van der Waals surface area contributed by atoms with E-state index in [0.717, 1.165) is 23.5 Å². The van der Waals surface area contributed by atoms with Crippen LogP contribution in [0.3, 0.4) is 0 Å². The molecule has 0 bridgehead atoms. The largest absolute Gasteiger partial charge is 0.310 e. The molecule has 0 aliphatic carbocycles. The molecule has 2 nitrogen and oxygen atoms in total. The zero-order valence-corrected chi connectivity index (χ0v) is 32.3. The molecule has 10 rings (SSSR count). The van der Waals surface area contributed by atoms with Gasteiger partial charge in [0, 0.05) is 43.1 Å². The molecule has 2 heterocycles. The number of aryl methyl sites for hydroxylation is 1. The predicted molar refractivity (Wildman–Crippen MR) is 242 cm³/mol. The third-order valence-electron chi connectivity index (χ3n) is 11.2. The molecule has 10 aromatic rings. The summed E-state index contributed by atoms with van der Waals surface area (Å²) in [5.41, 5.74) is 13.3. The first-order chi connectivity index (χ1) is 27.7. The Morgan fingerprint density at radius 1 is 0.536 bits per heavy atom. The number of fused-ring (bicyclic) bond motifs is 5. The van der Waals surface area contributed by atoms with E-state index in [2.05, 4.69) is 217 Å². The van der Waals surface area contributed by atoms with E-state index >= 15 is 0 Å². The van der Waals surface area contributed by atoms with Crippen molar-refractivity contribution in [3.63, 3.8) is 0 Å². The van der Waals surface area contributed by atoms with Crippen LogP contribution in [0.15, 0.2) is 194 Å². The van der Waals surface area contributed by atoms with Gasteiger partial charge in [-0.3, -0.25) is 0 Å². The van der Waals surface area contributed by atoms with E-state index in [0.29, 0.717) is 0 Å². The number of nitrogens with zero attached hydrogens (tertiary/aromatic N) is 2. The van der Waals surface area contributed by atoms with Crippen LogP contribution in [-0.2, 0) is 6.42 Å². The van der Waals surface area contributed by atoms with E-state index < -0.39 is 0 Å². The van der Waals surface area contributed by atoms with Gasteiger partial charge in [-0.15, -0.1) is 11.3 Å². The van der Waals surface area contributed by atoms with Gasteiger partial charge in [-0.1, -0.05) is 128 Å². The maximum Gasteiger partial charge on any atom is 0.0541 e. The van der Waals surface area contributed by atoms with Gasteiger partial charge in [0.25, 0.3) is 0 Å². The van der Waals surface area contributed by atoms with Crippen molar-refractivity contribution in [3.8, 4) is 16.8 Å². The number of benzene rings is 8. The Hall–Kier alpha value is -6.68. The maximum absolute atomic E-state index is 2.38. The van der Waals surface area contributed by atoms with Crippen LogP contribution >= 0.6 is 11.3 Å². The second-order valence-corrected chi connectivity index (χ2v) is 15.4. The highest BCUT2D eigenvalue weighted by atomic mass is 32.1. The highest BCUT2D eigenvalue weighted by molar-refractivity contribution is 7.20. The Morgan fingerprint density at radius 2 is 1.16 bits per heavy atom. The number of thiophene rings is 1. The Kier molecular flexibility index (Phi) is 8.58. The molecular weight excluding hydrogens is 697 g/mol. The van der Waals surface area contributed by atoms with Crippen molar-refractivity contribution in [2.45, 2.75) is 20.3 Å². The number of rotatable bonds is 8. The molecule has 8 aromatic carbocycles. The standard InChI is InChI=1S/C53H40N2S/c1-3-45(53-46(4-2)48-19-11-13-21-52(48)56-53)38-25-30-43(31-26-38)54(44-32-24-36-14-8-9-15-39(36)34-44)42-28-22-37(23-29-42)40-27-33-51-49(35-40)47-18-10-12-20-50(47)55(51)41-16-6-5-7-17-41/h3,5-35H,4H2,1-2H3/b45-3-. The fourth-order valence-corrected chi connectivity index (χ4v) is 9.85. The smallest absolute Gasteiger partial charge is 0.0541 e. The van der Waals surface area contributed by atoms with E-state index in [9.17, 15) is 0 Å². The van der Waals surface area contributed by atoms with Crippen molar-refractivity contribution in [1.29, 1.82) is 0 Å². The molecule has 0 atom stereocenters. The molecule has 2 aromatic heterocycles. The summed E-state index contributed by atoms with van der Waals surface area (Å²) >= 11 is 1.90. The highest BCUT2D eigenvalue weighted by Gasteiger charge is 2.18. The first-order valence-electron chi connectivity index (χ1n) is 19.4. The minimum atomic E-state index is 1.01. The number of anilines is 3. The Morgan fingerprint density at radius 3 is 1.93 bits per heavy atom. The van der Waals surface area contributed by atoms with Gasteiger partial charge >= 0.3 is 0 Å². The van der Waals surface area contributed by atoms with Crippen LogP contribution in [-0.4, -0.2) is 4.57 Å². The molecular formula is C53H40N2S. The van der Waals surface area contributed by atoms with Crippen molar-refractivity contribution in [2.24, 2.45) is 0 Å². The molecule has 268 valence electrons. The molecule has 0 fully saturated rings. The first kappa shape index (κ1) is 33.9. The Labute approximate surface area is 331 Å². The Bertz CT molecular complexity index is 3060. The van der Waals surface area contributed by atoms with Gasteiger partial charge in [0.1, 0.15) is 0 Å². The van der Waals surface area contributed by atoms with E-state index in [1.54, 1.807) is 0 Å². The van der Waals surface area contributed by atoms with Crippen LogP contribution in [0.2, 0.25) is 0 Å². The molecule has 56 heavy (non-hydrogen) atoms. The normalized spacial score (nSPS) is 11.9. The monoisotopic (exact) mass is 736 g/mol. The minimum absolute atomic E-state index is 1.01. The first-order valence-corrected chi connectivity index (χ1v) is 20.3. The predicted octanol–water partition coefficient (Wildman–Crippen LogP) is 15.3. The molecule has 0 spiro atoms. The summed E-state index contributed by atoms with van der Waals surface area (Å²) in [6, 6.07) is 68.6. The molecule has 0 N–H and O–H groups in total. The molecule has 0 aliphatic heterocycles. The number of allylic oxidation sites excluding steroid dienone is 1. The lowest BCUT2D eigenvalue weighted by atomic mass is 9.98. The molecule has 0 radical (unpaired) electrons. The van der Waals surface area contributed by atoms with E-state index in [1.807, 2.05) is 11.3 Å². The molecule has 3 heteroatoms. The topological polar surface area (TPSA) is 8.17 Å². The molecule has 0 aliphatic rings. The number of hydrogen-bond acceptors (Lipinski definition) is 2. The van der Waals surface area contributed by atoms with E-state index in [4.69, 9.17) is 0 Å². The highest BCUT2D eigenvalue weighted by Crippen LogP contribution is 2.42. The summed E-state index contributed by atoms with van der Waals surface area (Å²) in [6.45, 7) is 4.43. The van der Waals surface area contributed by atoms with Crippen LogP contribution in [0.1, 0.15) is 29.9 Å². The summed E-state index contributed by atoms with van der Waals surface area (Å²) in [5.74, 6) is 0. The van der Waals surface area contributed by atoms with Gasteiger partial charge in [0.2, 0.25) is 0 Å². The van der Waals surface area contributed by atoms with Crippen LogP contribution < -0.4 is 4.90 Å². The summed E-state index contributed by atoms with van der Waals surface area (Å²) in [7, 11) is 0. The molecule has 0 amide bonds. The average molecular weight is 737 g/mol. The van der Waals surface area contributed by atoms with Gasteiger partial charge in [-0.2, -0.15) is 0 Å². The van der Waals surface area contributed by atoms with E-state index in [1.165, 1.54) is 81.1 Å². The van der Waals surface area contributed by atoms with E-state index in [-0.39, 0.29) is 0 Å². The fraction of sp³-hybridized carbons (Fsp3) is 0.0566. The third kappa shape index (κ3) is 5.80. The van der Waals surface area contributed by atoms with Crippen LogP contribution in [0.4, 0.5) is 17.1 Å². The van der Waals surface area contributed by atoms with Gasteiger partial charge in [-0.25, -0.2) is 0 Å². The van der Waals surface area contributed by atoms with Crippen LogP contribution in [0, 0.1) is 0 Å². The lowest BCUT2D eigenvalue weighted by Crippen LogP contribution is -2.10. The van der Waals surface area contributed by atoms with Gasteiger partial charge in [0.05, 0.1) is 11.0 Å². The lowest BCUT2D eigenvalue weighted by molar-refractivity contribution is 1.16. The van der Waals surface area contributed by atoms with Gasteiger partial charge < -0.3 is 9.47 Å². The second-order valence-electron chi connectivity index (χ2n) is 14.3. The SMILES string of the molecule is C/C=C(/c1ccc(N(c2ccc(-c3ccc4c(c3)c3ccccc3n4-c3ccccc3)cc2)c2ccc3ccccc3c2)cc1)c1sc2ccccc2c1CC.